The van der Waals surface area contributed by atoms with Gasteiger partial charge in [-0.15, -0.1) is 11.3 Å². The Morgan fingerprint density at radius 2 is 1.94 bits per heavy atom. The molecule has 0 aliphatic carbocycles. The Balaban J connectivity index is 1.26. The molecule has 7 nitrogen and oxygen atoms in total. The van der Waals surface area contributed by atoms with Gasteiger partial charge in [0.25, 0.3) is 5.91 Å². The van der Waals surface area contributed by atoms with Crippen LogP contribution in [0.4, 0.5) is 5.82 Å². The standard InChI is InChI=1S/C25H25N3O4S/c1-16-4-2-6-23(26-16)27-24(29)18-5-3-11-28(15-18)25(30)22-10-9-21(33-22)17-7-8-19-20(14-17)32-13-12-31-19/h2,4,6-10,14,18H,3,5,11-13,15H2,1H3,(H,26,27,29). The maximum absolute atomic E-state index is 13.2. The first-order valence-corrected chi connectivity index (χ1v) is 11.9. The fraction of sp³-hybridized carbons (Fsp3) is 0.320. The van der Waals surface area contributed by atoms with Gasteiger partial charge >= 0.3 is 0 Å². The molecule has 1 fully saturated rings. The minimum absolute atomic E-state index is 0.0324. The summed E-state index contributed by atoms with van der Waals surface area (Å²) in [5.74, 6) is 1.65. The second-order valence-electron chi connectivity index (χ2n) is 8.27. The van der Waals surface area contributed by atoms with Gasteiger partial charge in [0.05, 0.1) is 10.8 Å². The average molecular weight is 464 g/mol. The van der Waals surface area contributed by atoms with E-state index in [4.69, 9.17) is 9.47 Å². The van der Waals surface area contributed by atoms with Crippen LogP contribution in [0.3, 0.4) is 0 Å². The molecule has 0 saturated carbocycles. The zero-order valence-electron chi connectivity index (χ0n) is 18.4. The summed E-state index contributed by atoms with van der Waals surface area (Å²) in [6.07, 6.45) is 1.56. The second-order valence-corrected chi connectivity index (χ2v) is 9.35. The van der Waals surface area contributed by atoms with E-state index in [1.165, 1.54) is 11.3 Å². The Hall–Kier alpha value is -3.39. The van der Waals surface area contributed by atoms with Crippen LogP contribution < -0.4 is 14.8 Å². The van der Waals surface area contributed by atoms with Crippen LogP contribution in [-0.2, 0) is 4.79 Å². The van der Waals surface area contributed by atoms with E-state index in [1.807, 2.05) is 49.4 Å². The Bertz CT molecular complexity index is 1190. The maximum atomic E-state index is 13.2. The van der Waals surface area contributed by atoms with Gasteiger partial charge in [0.1, 0.15) is 19.0 Å². The highest BCUT2D eigenvalue weighted by Gasteiger charge is 2.30. The lowest BCUT2D eigenvalue weighted by Crippen LogP contribution is -2.43. The summed E-state index contributed by atoms with van der Waals surface area (Å²) in [5, 5.41) is 2.89. The van der Waals surface area contributed by atoms with Crippen LogP contribution in [0.1, 0.15) is 28.2 Å². The summed E-state index contributed by atoms with van der Waals surface area (Å²) in [7, 11) is 0. The van der Waals surface area contributed by atoms with Crippen molar-refractivity contribution in [3.8, 4) is 21.9 Å². The third-order valence-electron chi connectivity index (χ3n) is 5.86. The van der Waals surface area contributed by atoms with Crippen molar-refractivity contribution in [2.75, 3.05) is 31.6 Å². The number of nitrogens with zero attached hydrogens (tertiary/aromatic N) is 2. The molecule has 0 radical (unpaired) electrons. The molecule has 4 heterocycles. The molecule has 3 aromatic rings. The van der Waals surface area contributed by atoms with Crippen LogP contribution in [-0.4, -0.2) is 48.0 Å². The van der Waals surface area contributed by atoms with Crippen molar-refractivity contribution < 1.29 is 19.1 Å². The number of fused-ring (bicyclic) bond motifs is 1. The first kappa shape index (κ1) is 21.5. The highest BCUT2D eigenvalue weighted by Crippen LogP contribution is 2.37. The van der Waals surface area contributed by atoms with Gasteiger partial charge in [-0.3, -0.25) is 9.59 Å². The Kier molecular flexibility index (Phi) is 6.00. The number of benzene rings is 1. The average Bonchev–Trinajstić information content (AvgIpc) is 3.34. The molecule has 0 bridgehead atoms. The van der Waals surface area contributed by atoms with E-state index in [2.05, 4.69) is 10.3 Å². The summed E-state index contributed by atoms with van der Waals surface area (Å²) in [6.45, 7) is 4.04. The smallest absolute Gasteiger partial charge is 0.263 e. The molecule has 170 valence electrons. The molecule has 2 aliphatic heterocycles. The molecule has 1 N–H and O–H groups in total. The number of piperidine rings is 1. The molecule has 8 heteroatoms. The molecule has 2 aliphatic rings. The number of ether oxygens (including phenoxy) is 2. The number of anilines is 1. The van der Waals surface area contributed by atoms with Gasteiger partial charge in [0.2, 0.25) is 5.91 Å². The van der Waals surface area contributed by atoms with Gasteiger partial charge in [0.15, 0.2) is 11.5 Å². The van der Waals surface area contributed by atoms with Gasteiger partial charge in [-0.1, -0.05) is 6.07 Å². The van der Waals surface area contributed by atoms with Crippen molar-refractivity contribution in [1.29, 1.82) is 0 Å². The van der Waals surface area contributed by atoms with Gasteiger partial charge in [-0.2, -0.15) is 0 Å². The second kappa shape index (κ2) is 9.23. The first-order chi connectivity index (χ1) is 16.1. The summed E-state index contributed by atoms with van der Waals surface area (Å²) in [6, 6.07) is 15.2. The van der Waals surface area contributed by atoms with E-state index in [9.17, 15) is 9.59 Å². The molecule has 1 saturated heterocycles. The van der Waals surface area contributed by atoms with Gasteiger partial charge in [-0.05, 0) is 67.8 Å². The minimum Gasteiger partial charge on any atom is -0.486 e. The number of hydrogen-bond acceptors (Lipinski definition) is 6. The van der Waals surface area contributed by atoms with Crippen molar-refractivity contribution in [2.45, 2.75) is 19.8 Å². The van der Waals surface area contributed by atoms with Crippen molar-refractivity contribution in [2.24, 2.45) is 5.92 Å². The fourth-order valence-electron chi connectivity index (χ4n) is 4.18. The number of nitrogens with one attached hydrogen (secondary N) is 1. The maximum Gasteiger partial charge on any atom is 0.263 e. The number of carbonyl (C=O) groups excluding carboxylic acids is 2. The quantitative estimate of drug-likeness (QED) is 0.621. The third kappa shape index (κ3) is 4.71. The predicted octanol–water partition coefficient (Wildman–Crippen LogP) is 4.38. The molecule has 1 atom stereocenters. The van der Waals surface area contributed by atoms with E-state index in [1.54, 1.807) is 11.0 Å². The van der Waals surface area contributed by atoms with E-state index >= 15 is 0 Å². The largest absolute Gasteiger partial charge is 0.486 e. The van der Waals surface area contributed by atoms with Crippen molar-refractivity contribution in [1.82, 2.24) is 9.88 Å². The van der Waals surface area contributed by atoms with Crippen LogP contribution >= 0.6 is 11.3 Å². The highest BCUT2D eigenvalue weighted by molar-refractivity contribution is 7.17. The van der Waals surface area contributed by atoms with E-state index in [0.717, 1.165) is 40.5 Å². The summed E-state index contributed by atoms with van der Waals surface area (Å²) in [4.78, 5) is 33.8. The normalized spacial score (nSPS) is 17.5. The molecule has 2 aromatic heterocycles. The lowest BCUT2D eigenvalue weighted by Gasteiger charge is -2.31. The number of aromatic nitrogens is 1. The fourth-order valence-corrected chi connectivity index (χ4v) is 5.15. The van der Waals surface area contributed by atoms with Crippen LogP contribution in [0.5, 0.6) is 11.5 Å². The summed E-state index contributed by atoms with van der Waals surface area (Å²) in [5.41, 5.74) is 1.84. The zero-order valence-corrected chi connectivity index (χ0v) is 19.2. The van der Waals surface area contributed by atoms with E-state index in [0.29, 0.717) is 37.0 Å². The number of amides is 2. The van der Waals surface area contributed by atoms with Crippen LogP contribution in [0.15, 0.2) is 48.5 Å². The minimum atomic E-state index is -0.248. The lowest BCUT2D eigenvalue weighted by molar-refractivity contribution is -0.121. The van der Waals surface area contributed by atoms with Gasteiger partial charge < -0.3 is 19.7 Å². The topological polar surface area (TPSA) is 80.8 Å². The number of rotatable bonds is 4. The van der Waals surface area contributed by atoms with Crippen molar-refractivity contribution in [3.63, 3.8) is 0 Å². The van der Waals surface area contributed by atoms with Crippen molar-refractivity contribution in [3.05, 3.63) is 59.1 Å². The number of carbonyl (C=O) groups is 2. The molecule has 5 rings (SSSR count). The van der Waals surface area contributed by atoms with E-state index < -0.39 is 0 Å². The van der Waals surface area contributed by atoms with Crippen molar-refractivity contribution >= 4 is 29.0 Å². The third-order valence-corrected chi connectivity index (χ3v) is 6.98. The summed E-state index contributed by atoms with van der Waals surface area (Å²) < 4.78 is 11.3. The molecule has 2 amide bonds. The molecular formula is C25H25N3O4S. The number of hydrogen-bond donors (Lipinski definition) is 1. The lowest BCUT2D eigenvalue weighted by atomic mass is 9.97. The van der Waals surface area contributed by atoms with Gasteiger partial charge in [0, 0.05) is 23.7 Å². The molecule has 0 spiro atoms. The zero-order chi connectivity index (χ0) is 22.8. The van der Waals surface area contributed by atoms with Crippen LogP contribution in [0.25, 0.3) is 10.4 Å². The van der Waals surface area contributed by atoms with E-state index in [-0.39, 0.29) is 17.7 Å². The Morgan fingerprint density at radius 1 is 1.09 bits per heavy atom. The van der Waals surface area contributed by atoms with Gasteiger partial charge in [-0.25, -0.2) is 4.98 Å². The molecule has 1 aromatic carbocycles. The number of pyridine rings is 1. The van der Waals surface area contributed by atoms with Crippen LogP contribution in [0.2, 0.25) is 0 Å². The molecule has 33 heavy (non-hydrogen) atoms. The number of thiophene rings is 1. The highest BCUT2D eigenvalue weighted by atomic mass is 32.1. The molecule has 1 unspecified atom stereocenters. The monoisotopic (exact) mass is 463 g/mol. The molecular weight excluding hydrogens is 438 g/mol. The Morgan fingerprint density at radius 3 is 2.79 bits per heavy atom. The first-order valence-electron chi connectivity index (χ1n) is 11.1. The SMILES string of the molecule is Cc1cccc(NC(=O)C2CCCN(C(=O)c3ccc(-c4ccc5c(c4)OCCO5)s3)C2)n1. The number of aryl methyl sites for hydroxylation is 1. The van der Waals surface area contributed by atoms with Crippen LogP contribution in [0, 0.1) is 12.8 Å². The number of likely N-dealkylation sites (tertiary alicyclic amines) is 1. The predicted molar refractivity (Wildman–Crippen MR) is 127 cm³/mol. The Labute approximate surface area is 196 Å². The summed E-state index contributed by atoms with van der Waals surface area (Å²) >= 11 is 1.45.